The van der Waals surface area contributed by atoms with E-state index in [4.69, 9.17) is 0 Å². The van der Waals surface area contributed by atoms with Crippen LogP contribution in [0.25, 0.3) is 22.3 Å². The normalized spacial score (nSPS) is 13.9. The van der Waals surface area contributed by atoms with E-state index < -0.39 is 10.8 Å². The molecule has 2 aliphatic carbocycles. The molecule has 0 radical (unpaired) electrons. The average molecular weight is 726 g/mol. The first kappa shape index (κ1) is 33.1. The molecule has 0 saturated carbocycles. The van der Waals surface area contributed by atoms with Crippen LogP contribution in [0, 0.1) is 0 Å². The number of hydrogen-bond donors (Lipinski definition) is 0. The SMILES string of the molecule is c1ccc(N(c2ccccc2)c2ccc(-c3cccc4c3-c3ccccc3C43c4ccccc4C(c4ccccc4)(c4ccccc4)c4ccccc43)cc2)cc1. The maximum absolute atomic E-state index is 2.40. The molecule has 0 aromatic heterocycles. The van der Waals surface area contributed by atoms with Crippen LogP contribution in [0.3, 0.4) is 0 Å². The maximum Gasteiger partial charge on any atom is 0.0720 e. The van der Waals surface area contributed by atoms with Gasteiger partial charge in [-0.3, -0.25) is 0 Å². The van der Waals surface area contributed by atoms with Crippen LogP contribution in [0.4, 0.5) is 17.1 Å². The van der Waals surface area contributed by atoms with Crippen molar-refractivity contribution in [3.05, 3.63) is 281 Å². The van der Waals surface area contributed by atoms with Gasteiger partial charge in [0.1, 0.15) is 0 Å². The number of para-hydroxylation sites is 2. The lowest BCUT2D eigenvalue weighted by Crippen LogP contribution is -2.44. The van der Waals surface area contributed by atoms with E-state index in [0.717, 1.165) is 17.1 Å². The monoisotopic (exact) mass is 725 g/mol. The van der Waals surface area contributed by atoms with Gasteiger partial charge in [0, 0.05) is 17.1 Å². The molecule has 0 atom stereocenters. The largest absolute Gasteiger partial charge is 0.311 e. The van der Waals surface area contributed by atoms with Crippen molar-refractivity contribution in [1.82, 2.24) is 0 Å². The summed E-state index contributed by atoms with van der Waals surface area (Å²) in [5, 5.41) is 0. The lowest BCUT2D eigenvalue weighted by molar-refractivity contribution is 0.623. The highest BCUT2D eigenvalue weighted by atomic mass is 15.1. The third-order valence-corrected chi connectivity index (χ3v) is 12.4. The maximum atomic E-state index is 2.40. The van der Waals surface area contributed by atoms with Crippen LogP contribution < -0.4 is 4.90 Å². The molecule has 11 rings (SSSR count). The van der Waals surface area contributed by atoms with Crippen molar-refractivity contribution in [3.8, 4) is 22.3 Å². The lowest BCUT2D eigenvalue weighted by Gasteiger charge is -2.50. The van der Waals surface area contributed by atoms with Crippen LogP contribution >= 0.6 is 0 Å². The Hall–Kier alpha value is -7.22. The molecule has 0 amide bonds. The summed E-state index contributed by atoms with van der Waals surface area (Å²) < 4.78 is 0. The quantitative estimate of drug-likeness (QED) is 0.165. The van der Waals surface area contributed by atoms with Gasteiger partial charge in [0.15, 0.2) is 0 Å². The molecule has 0 saturated heterocycles. The Labute approximate surface area is 334 Å². The Morgan fingerprint density at radius 3 is 1.12 bits per heavy atom. The minimum atomic E-state index is -0.528. The molecular formula is C56H39N. The number of rotatable bonds is 6. The lowest BCUT2D eigenvalue weighted by atomic mass is 9.51. The molecule has 1 nitrogen and oxygen atoms in total. The van der Waals surface area contributed by atoms with E-state index in [2.05, 4.69) is 241 Å². The van der Waals surface area contributed by atoms with Crippen LogP contribution in [-0.2, 0) is 10.8 Å². The molecular weight excluding hydrogens is 687 g/mol. The molecule has 0 fully saturated rings. The van der Waals surface area contributed by atoms with E-state index in [0.29, 0.717) is 0 Å². The van der Waals surface area contributed by atoms with Gasteiger partial charge >= 0.3 is 0 Å². The van der Waals surface area contributed by atoms with E-state index in [1.807, 2.05) is 0 Å². The Morgan fingerprint density at radius 2 is 0.614 bits per heavy atom. The molecule has 0 N–H and O–H groups in total. The Balaban J connectivity index is 1.16. The van der Waals surface area contributed by atoms with Gasteiger partial charge in [0.05, 0.1) is 10.8 Å². The van der Waals surface area contributed by atoms with Gasteiger partial charge in [0.25, 0.3) is 0 Å². The minimum absolute atomic E-state index is 0.518. The molecule has 0 bridgehead atoms. The molecule has 57 heavy (non-hydrogen) atoms. The summed E-state index contributed by atoms with van der Waals surface area (Å²) in [5.41, 5.74) is 17.9. The fourth-order valence-corrected chi connectivity index (χ4v) is 10.3. The first-order chi connectivity index (χ1) is 28.3. The van der Waals surface area contributed by atoms with Gasteiger partial charge in [-0.05, 0) is 103 Å². The highest BCUT2D eigenvalue weighted by Gasteiger charge is 2.56. The zero-order valence-corrected chi connectivity index (χ0v) is 31.5. The zero-order chi connectivity index (χ0) is 37.8. The third kappa shape index (κ3) is 4.76. The number of fused-ring (bicyclic) bond motifs is 9. The first-order valence-electron chi connectivity index (χ1n) is 19.9. The second kappa shape index (κ2) is 13.2. The summed E-state index contributed by atoms with van der Waals surface area (Å²) in [5.74, 6) is 0. The van der Waals surface area contributed by atoms with Crippen LogP contribution in [0.5, 0.6) is 0 Å². The van der Waals surface area contributed by atoms with Gasteiger partial charge < -0.3 is 4.90 Å². The number of nitrogens with zero attached hydrogens (tertiary/aromatic N) is 1. The predicted octanol–water partition coefficient (Wildman–Crippen LogP) is 13.9. The molecule has 9 aromatic carbocycles. The standard InChI is InChI=1S/C56H39N/c1-5-20-41(21-6-1)55(42-22-7-2-8-23-42)49-31-15-17-33-51(49)56(52-34-18-16-32-50(52)55)48-30-14-13-28-47(48)54-46(29-19-35-53(54)56)40-36-38-45(39-37-40)57(43-24-9-3-10-25-43)44-26-11-4-12-27-44/h1-39H. The minimum Gasteiger partial charge on any atom is -0.311 e. The van der Waals surface area contributed by atoms with Crippen LogP contribution in [0.1, 0.15) is 44.5 Å². The van der Waals surface area contributed by atoms with E-state index >= 15 is 0 Å². The van der Waals surface area contributed by atoms with Crippen molar-refractivity contribution in [2.75, 3.05) is 4.90 Å². The highest BCUT2D eigenvalue weighted by molar-refractivity contribution is 5.97. The van der Waals surface area contributed by atoms with Gasteiger partial charge in [0.2, 0.25) is 0 Å². The first-order valence-corrected chi connectivity index (χ1v) is 19.9. The van der Waals surface area contributed by atoms with Gasteiger partial charge in [-0.15, -0.1) is 0 Å². The van der Waals surface area contributed by atoms with Crippen molar-refractivity contribution in [2.24, 2.45) is 0 Å². The molecule has 0 aliphatic heterocycles. The van der Waals surface area contributed by atoms with Crippen LogP contribution in [0.2, 0.25) is 0 Å². The summed E-state index contributed by atoms with van der Waals surface area (Å²) in [6.45, 7) is 0. The smallest absolute Gasteiger partial charge is 0.0720 e. The topological polar surface area (TPSA) is 3.24 Å². The third-order valence-electron chi connectivity index (χ3n) is 12.4. The van der Waals surface area contributed by atoms with Crippen molar-refractivity contribution in [3.63, 3.8) is 0 Å². The molecule has 2 aliphatic rings. The van der Waals surface area contributed by atoms with Gasteiger partial charge in [-0.1, -0.05) is 200 Å². The number of hydrogen-bond acceptors (Lipinski definition) is 1. The van der Waals surface area contributed by atoms with Crippen molar-refractivity contribution in [2.45, 2.75) is 10.8 Å². The Kier molecular flexibility index (Phi) is 7.69. The molecule has 1 spiro atoms. The van der Waals surface area contributed by atoms with Crippen LogP contribution in [0.15, 0.2) is 237 Å². The summed E-state index contributed by atoms with van der Waals surface area (Å²) in [6, 6.07) is 87.3. The van der Waals surface area contributed by atoms with Crippen molar-refractivity contribution < 1.29 is 0 Å². The molecule has 268 valence electrons. The predicted molar refractivity (Wildman–Crippen MR) is 236 cm³/mol. The van der Waals surface area contributed by atoms with E-state index in [1.54, 1.807) is 0 Å². The summed E-state index contributed by atoms with van der Waals surface area (Å²) >= 11 is 0. The zero-order valence-electron chi connectivity index (χ0n) is 31.5. The Morgan fingerprint density at radius 1 is 0.246 bits per heavy atom. The van der Waals surface area contributed by atoms with E-state index in [9.17, 15) is 0 Å². The molecule has 9 aromatic rings. The summed E-state index contributed by atoms with van der Waals surface area (Å²) in [4.78, 5) is 2.32. The second-order valence-corrected chi connectivity index (χ2v) is 15.2. The Bertz CT molecular complexity index is 2750. The van der Waals surface area contributed by atoms with Crippen molar-refractivity contribution in [1.29, 1.82) is 0 Å². The molecule has 1 heteroatoms. The molecule has 0 unspecified atom stereocenters. The average Bonchev–Trinajstić information content (AvgIpc) is 3.59. The fraction of sp³-hybridized carbons (Fsp3) is 0.0357. The highest BCUT2D eigenvalue weighted by Crippen LogP contribution is 2.65. The van der Waals surface area contributed by atoms with Crippen molar-refractivity contribution >= 4 is 17.1 Å². The number of anilines is 3. The van der Waals surface area contributed by atoms with Crippen LogP contribution in [-0.4, -0.2) is 0 Å². The summed E-state index contributed by atoms with van der Waals surface area (Å²) in [6.07, 6.45) is 0. The van der Waals surface area contributed by atoms with Gasteiger partial charge in [-0.2, -0.15) is 0 Å². The second-order valence-electron chi connectivity index (χ2n) is 15.2. The number of benzene rings is 9. The summed E-state index contributed by atoms with van der Waals surface area (Å²) in [7, 11) is 0. The van der Waals surface area contributed by atoms with E-state index in [-0.39, 0.29) is 0 Å². The van der Waals surface area contributed by atoms with Gasteiger partial charge in [-0.25, -0.2) is 0 Å². The molecule has 0 heterocycles. The van der Waals surface area contributed by atoms with E-state index in [1.165, 1.54) is 66.8 Å². The fourth-order valence-electron chi connectivity index (χ4n) is 10.3.